The minimum Gasteiger partial charge on any atom is -0.370 e. The van der Waals surface area contributed by atoms with Gasteiger partial charge in [-0.1, -0.05) is 44.2 Å². The summed E-state index contributed by atoms with van der Waals surface area (Å²) in [5.74, 6) is -1.86. The predicted molar refractivity (Wildman–Crippen MR) is 148 cm³/mol. The number of benzene rings is 1. The number of rotatable bonds is 16. The molecule has 1 saturated heterocycles. The summed E-state index contributed by atoms with van der Waals surface area (Å²) in [5, 5.41) is 18.2. The first kappa shape index (κ1) is 31.7. The molecule has 2 rings (SSSR count). The van der Waals surface area contributed by atoms with Gasteiger partial charge >= 0.3 is 0 Å². The molecule has 0 unspecified atom stereocenters. The topological polar surface area (TPSA) is 205 Å². The summed E-state index contributed by atoms with van der Waals surface area (Å²) in [4.78, 5) is 52.3. The van der Waals surface area contributed by atoms with Crippen LogP contribution in [-0.4, -0.2) is 72.4 Å². The van der Waals surface area contributed by atoms with E-state index < -0.39 is 47.5 Å². The molecular formula is C27H43N7O5. The number of carbonyl (C=O) groups excluding carboxylic acids is 4. The molecule has 1 fully saturated rings. The zero-order chi connectivity index (χ0) is 29.2. The molecule has 1 aromatic carbocycles. The molecule has 9 N–H and O–H groups in total. The minimum absolute atomic E-state index is 0.130. The van der Waals surface area contributed by atoms with Gasteiger partial charge in [-0.2, -0.15) is 0 Å². The fourth-order valence-corrected chi connectivity index (χ4v) is 4.03. The Labute approximate surface area is 229 Å². The monoisotopic (exact) mass is 545 g/mol. The maximum absolute atomic E-state index is 13.5. The Morgan fingerprint density at radius 2 is 1.54 bits per heavy atom. The molecule has 1 heterocycles. The maximum Gasteiger partial charge on any atom is 0.243 e. The summed E-state index contributed by atoms with van der Waals surface area (Å²) in [7, 11) is 0. The van der Waals surface area contributed by atoms with Crippen LogP contribution in [0, 0.1) is 11.3 Å². The van der Waals surface area contributed by atoms with Crippen molar-refractivity contribution in [2.75, 3.05) is 13.2 Å². The number of nitrogens with two attached hydrogens (primary N) is 2. The van der Waals surface area contributed by atoms with E-state index in [1.165, 1.54) is 6.92 Å². The van der Waals surface area contributed by atoms with Crippen LogP contribution in [0.4, 0.5) is 0 Å². The highest BCUT2D eigenvalue weighted by Crippen LogP contribution is 2.29. The van der Waals surface area contributed by atoms with Crippen molar-refractivity contribution in [3.05, 3.63) is 35.9 Å². The lowest BCUT2D eigenvalue weighted by atomic mass is 9.93. The maximum atomic E-state index is 13.5. The second kappa shape index (κ2) is 14.6. The molecule has 0 spiro atoms. The van der Waals surface area contributed by atoms with E-state index in [4.69, 9.17) is 21.6 Å². The Morgan fingerprint density at radius 1 is 0.974 bits per heavy atom. The van der Waals surface area contributed by atoms with E-state index in [1.807, 2.05) is 44.2 Å². The lowest BCUT2D eigenvalue weighted by Crippen LogP contribution is -2.58. The Balaban J connectivity index is 2.23. The Morgan fingerprint density at radius 3 is 2.08 bits per heavy atom. The molecule has 1 aromatic rings. The fourth-order valence-electron chi connectivity index (χ4n) is 4.03. The van der Waals surface area contributed by atoms with Crippen molar-refractivity contribution in [3.63, 3.8) is 0 Å². The molecule has 5 atom stereocenters. The number of ether oxygens (including phenoxy) is 1. The molecule has 39 heavy (non-hydrogen) atoms. The number of guanidine groups is 1. The predicted octanol–water partition coefficient (Wildman–Crippen LogP) is -0.302. The van der Waals surface area contributed by atoms with Crippen LogP contribution in [0.2, 0.25) is 0 Å². The standard InChI is InChI=1S/C27H43N7O5/c1-16(2)13-20(22(35)27(4)15-39-27)33-25(38)21(14-18-9-6-5-7-10-18)34-24(37)19(32-23(36)17(3)28)11-8-12-31-26(29)30/h5-7,9-10,16-17,19-21H,8,11-15,28H2,1-4H3,(H,32,36)(H,33,38)(H,34,37)(H4,29,30,31)/t17-,19-,20-,21-,27+/m0/s1. The molecular weight excluding hydrogens is 502 g/mol. The molecule has 12 heteroatoms. The summed E-state index contributed by atoms with van der Waals surface area (Å²) in [5.41, 5.74) is 10.9. The van der Waals surface area contributed by atoms with E-state index in [2.05, 4.69) is 21.3 Å². The number of carbonyl (C=O) groups is 4. The van der Waals surface area contributed by atoms with Crippen LogP contribution in [0.5, 0.6) is 0 Å². The number of hydrogen-bond acceptors (Lipinski definition) is 7. The van der Waals surface area contributed by atoms with Gasteiger partial charge in [0.05, 0.1) is 18.7 Å². The highest BCUT2D eigenvalue weighted by molar-refractivity contribution is 5.98. The summed E-state index contributed by atoms with van der Waals surface area (Å²) >= 11 is 0. The number of ketones is 1. The van der Waals surface area contributed by atoms with E-state index in [-0.39, 0.29) is 30.5 Å². The molecule has 0 bridgehead atoms. The highest BCUT2D eigenvalue weighted by atomic mass is 16.6. The molecule has 216 valence electrons. The van der Waals surface area contributed by atoms with Crippen LogP contribution in [-0.2, 0) is 30.3 Å². The van der Waals surface area contributed by atoms with Crippen LogP contribution in [0.3, 0.4) is 0 Å². The van der Waals surface area contributed by atoms with Crippen molar-refractivity contribution in [1.29, 1.82) is 5.41 Å². The average molecular weight is 546 g/mol. The van der Waals surface area contributed by atoms with Crippen LogP contribution in [0.15, 0.2) is 30.3 Å². The number of Topliss-reactive ketones (excluding diaryl/α,β-unsaturated/α-hetero) is 1. The third-order valence-corrected chi connectivity index (χ3v) is 6.39. The molecule has 0 aromatic heterocycles. The number of epoxide rings is 1. The van der Waals surface area contributed by atoms with E-state index >= 15 is 0 Å². The number of nitrogens with one attached hydrogen (secondary N) is 5. The zero-order valence-corrected chi connectivity index (χ0v) is 23.2. The van der Waals surface area contributed by atoms with Gasteiger partial charge in [0.15, 0.2) is 11.7 Å². The molecule has 0 aliphatic carbocycles. The molecule has 1 aliphatic heterocycles. The highest BCUT2D eigenvalue weighted by Gasteiger charge is 2.50. The van der Waals surface area contributed by atoms with Gasteiger partial charge in [0.2, 0.25) is 17.7 Å². The summed E-state index contributed by atoms with van der Waals surface area (Å²) < 4.78 is 5.32. The summed E-state index contributed by atoms with van der Waals surface area (Å²) in [6, 6.07) is 5.58. The molecule has 12 nitrogen and oxygen atoms in total. The van der Waals surface area contributed by atoms with Crippen molar-refractivity contribution < 1.29 is 23.9 Å². The second-order valence-corrected chi connectivity index (χ2v) is 10.7. The van der Waals surface area contributed by atoms with Crippen molar-refractivity contribution in [1.82, 2.24) is 21.3 Å². The van der Waals surface area contributed by atoms with Crippen LogP contribution < -0.4 is 32.7 Å². The van der Waals surface area contributed by atoms with Gasteiger partial charge in [-0.05, 0) is 44.6 Å². The molecule has 3 amide bonds. The van der Waals surface area contributed by atoms with Crippen LogP contribution >= 0.6 is 0 Å². The van der Waals surface area contributed by atoms with E-state index in [0.717, 1.165) is 5.56 Å². The SMILES string of the molecule is CC(C)C[C@H](NC(=O)[C@H](Cc1ccccc1)NC(=O)[C@H](CCCNC(=N)N)NC(=O)[C@H](C)N)C(=O)[C@@]1(C)CO1. The zero-order valence-electron chi connectivity index (χ0n) is 23.2. The number of hydrogen-bond donors (Lipinski definition) is 7. The smallest absolute Gasteiger partial charge is 0.243 e. The van der Waals surface area contributed by atoms with Crippen molar-refractivity contribution in [3.8, 4) is 0 Å². The van der Waals surface area contributed by atoms with Gasteiger partial charge in [-0.15, -0.1) is 0 Å². The normalized spacial score (nSPS) is 19.2. The largest absolute Gasteiger partial charge is 0.370 e. The lowest BCUT2D eigenvalue weighted by molar-refractivity contribution is -0.134. The second-order valence-electron chi connectivity index (χ2n) is 10.7. The van der Waals surface area contributed by atoms with Crippen LogP contribution in [0.25, 0.3) is 0 Å². The van der Waals surface area contributed by atoms with Crippen LogP contribution in [0.1, 0.15) is 52.5 Å². The summed E-state index contributed by atoms with van der Waals surface area (Å²) in [6.45, 7) is 7.74. The quantitative estimate of drug-likeness (QED) is 0.0634. The van der Waals surface area contributed by atoms with E-state index in [0.29, 0.717) is 26.0 Å². The van der Waals surface area contributed by atoms with Gasteiger partial charge in [0.25, 0.3) is 0 Å². The van der Waals surface area contributed by atoms with Crippen molar-refractivity contribution >= 4 is 29.5 Å². The summed E-state index contributed by atoms with van der Waals surface area (Å²) in [6.07, 6.45) is 1.23. The van der Waals surface area contributed by atoms with E-state index in [1.54, 1.807) is 6.92 Å². The van der Waals surface area contributed by atoms with Gasteiger partial charge in [-0.3, -0.25) is 24.6 Å². The third-order valence-electron chi connectivity index (χ3n) is 6.39. The Bertz CT molecular complexity index is 1010. The molecule has 0 saturated carbocycles. The first-order valence-electron chi connectivity index (χ1n) is 13.3. The van der Waals surface area contributed by atoms with Gasteiger partial charge < -0.3 is 37.5 Å². The van der Waals surface area contributed by atoms with E-state index in [9.17, 15) is 19.2 Å². The average Bonchev–Trinajstić information content (AvgIpc) is 3.62. The molecule has 0 radical (unpaired) electrons. The van der Waals surface area contributed by atoms with Crippen molar-refractivity contribution in [2.24, 2.45) is 17.4 Å². The minimum atomic E-state index is -1.01. The third kappa shape index (κ3) is 10.6. The molecule has 1 aliphatic rings. The lowest BCUT2D eigenvalue weighted by Gasteiger charge is -2.27. The Kier molecular flexibility index (Phi) is 11.9. The van der Waals surface area contributed by atoms with Gasteiger partial charge in [-0.25, -0.2) is 0 Å². The van der Waals surface area contributed by atoms with Gasteiger partial charge in [0.1, 0.15) is 17.7 Å². The first-order valence-corrected chi connectivity index (χ1v) is 13.3. The van der Waals surface area contributed by atoms with Crippen molar-refractivity contribution in [2.45, 2.75) is 83.1 Å². The first-order chi connectivity index (χ1) is 18.3. The Hall–Kier alpha value is -3.51. The number of amides is 3. The fraction of sp³-hybridized carbons (Fsp3) is 0.593. The van der Waals surface area contributed by atoms with Gasteiger partial charge in [0, 0.05) is 13.0 Å².